The predicted octanol–water partition coefficient (Wildman–Crippen LogP) is -1.43. The van der Waals surface area contributed by atoms with Crippen molar-refractivity contribution in [1.29, 1.82) is 0 Å². The summed E-state index contributed by atoms with van der Waals surface area (Å²) in [6.07, 6.45) is 0. The third-order valence-corrected chi connectivity index (χ3v) is 0. The quantitative estimate of drug-likeness (QED) is 0.289. The molecule has 0 heterocycles. The van der Waals surface area contributed by atoms with Crippen LogP contribution in [0.3, 0.4) is 0 Å². The molecule has 0 atom stereocenters. The Hall–Kier alpha value is 0.184. The van der Waals surface area contributed by atoms with Gasteiger partial charge in [-0.1, -0.05) is 13.4 Å². The van der Waals surface area contributed by atoms with E-state index in [4.69, 9.17) is 0 Å². The number of nitrogens with zero attached hydrogens (tertiary/aromatic N) is 1. The van der Waals surface area contributed by atoms with Gasteiger partial charge in [0.05, 0.1) is 0 Å². The number of hydrogen-bond acceptors (Lipinski definition) is 1. The van der Waals surface area contributed by atoms with Crippen LogP contribution in [-0.4, -0.2) is 25.1 Å². The molecule has 0 saturated heterocycles. The zero-order chi connectivity index (χ0) is 5.58. The van der Waals surface area contributed by atoms with Crippen molar-refractivity contribution in [2.24, 2.45) is 0 Å². The van der Waals surface area contributed by atoms with Crippen molar-refractivity contribution in [2.45, 2.75) is 0 Å². The van der Waals surface area contributed by atoms with Gasteiger partial charge in [0.25, 0.3) is 0 Å². The molecule has 1 nitrogen and oxygen atoms in total. The highest BCUT2D eigenvalue weighted by Gasteiger charge is 1.80. The van der Waals surface area contributed by atoms with Crippen molar-refractivity contribution in [1.82, 2.24) is 5.57 Å². The minimum atomic E-state index is -2.50. The minimum Gasteiger partial charge on any atom is -0.0662 e. The Balaban J connectivity index is 0. The Labute approximate surface area is 39.6 Å². The predicted molar refractivity (Wildman–Crippen MR) is 25.0 cm³/mol. The molecule has 0 fully saturated rings. The van der Waals surface area contributed by atoms with Crippen molar-refractivity contribution < 1.29 is 13.4 Å². The van der Waals surface area contributed by atoms with Crippen molar-refractivity contribution >= 4 is 19.5 Å². The first kappa shape index (κ1) is 9.49. The molecule has 0 aliphatic rings. The summed E-state index contributed by atoms with van der Waals surface area (Å²) in [7, 11) is 2.89. The fourth-order valence-electron chi connectivity index (χ4n) is 0. The molecular weight excluding hydrogens is 127 g/mol. The third kappa shape index (κ3) is 1260. The van der Waals surface area contributed by atoms with Crippen LogP contribution in [0.15, 0.2) is 0 Å². The van der Waals surface area contributed by atoms with Crippen LogP contribution in [0.1, 0.15) is 0 Å². The molecule has 0 N–H and O–H groups in total. The Kier molecular flexibility index (Phi) is 14.2. The highest BCUT2D eigenvalue weighted by Crippen LogP contribution is 1.82. The van der Waals surface area contributed by atoms with Crippen LogP contribution in [0, 0.1) is 0 Å². The summed E-state index contributed by atoms with van der Waals surface area (Å²) in [5, 5.41) is 0. The van der Waals surface area contributed by atoms with E-state index in [2.05, 4.69) is 0 Å². The lowest BCUT2D eigenvalue weighted by atomic mass is 13.5. The van der Waals surface area contributed by atoms with Crippen molar-refractivity contribution in [3.63, 3.8) is 0 Å². The molecule has 0 aliphatic carbocycles. The molecule has 6 heavy (non-hydrogen) atoms. The fourth-order valence-corrected chi connectivity index (χ4v) is 0. The maximum Gasteiger partial charge on any atom is 0.199 e. The van der Waals surface area contributed by atoms with Gasteiger partial charge in [0.1, 0.15) is 0 Å². The molecule has 0 saturated carbocycles. The summed E-state index contributed by atoms with van der Waals surface area (Å²) in [4.78, 5) is 0. The van der Waals surface area contributed by atoms with Gasteiger partial charge in [0.2, 0.25) is 0 Å². The lowest BCUT2D eigenvalue weighted by Crippen LogP contribution is -1.72. The van der Waals surface area contributed by atoms with Gasteiger partial charge in [0.15, 0.2) is 5.57 Å². The Morgan fingerprint density at radius 2 is 1.00 bits per heavy atom. The van der Waals surface area contributed by atoms with Gasteiger partial charge < -0.3 is 0 Å². The molecule has 0 aromatic heterocycles. The second-order valence-corrected chi connectivity index (χ2v) is 0.192. The molecule has 40 valence electrons. The number of halogens is 3. The fraction of sp³-hybridized carbons (Fsp3) is 0. The summed E-state index contributed by atoms with van der Waals surface area (Å²) in [6.45, 7) is 0. The first-order chi connectivity index (χ1) is 2.73. The van der Waals surface area contributed by atoms with Gasteiger partial charge >= 0.3 is 0 Å². The smallest absolute Gasteiger partial charge is 0.0662 e. The number of hydrogen-bond donors (Lipinski definition) is 0. The molecule has 0 spiro atoms. The summed E-state index contributed by atoms with van der Waals surface area (Å²) in [6, 6.07) is 0. The zero-order valence-corrected chi connectivity index (χ0v) is 7.58. The number of rotatable bonds is 0. The monoisotopic (exact) mass is 133 g/mol. The lowest BCUT2D eigenvalue weighted by Gasteiger charge is -1.67. The second-order valence-electron chi connectivity index (χ2n) is 0.192. The van der Waals surface area contributed by atoms with Gasteiger partial charge in [-0.2, -0.15) is 0 Å². The van der Waals surface area contributed by atoms with Crippen molar-refractivity contribution in [3.05, 3.63) is 0 Å². The highest BCUT2D eigenvalue weighted by atomic mass is 29.1. The van der Waals surface area contributed by atoms with Crippen LogP contribution >= 0.6 is 0 Å². The van der Waals surface area contributed by atoms with Crippen molar-refractivity contribution in [3.8, 4) is 0 Å². The Morgan fingerprint density at radius 1 is 1.00 bits per heavy atom. The molecule has 0 aromatic rings. The second kappa shape index (κ2) is 8.95. The van der Waals surface area contributed by atoms with E-state index in [1.807, 2.05) is 0 Å². The summed E-state index contributed by atoms with van der Waals surface area (Å²) < 4.78 is 28.5. The summed E-state index contributed by atoms with van der Waals surface area (Å²) in [5.74, 6) is 0. The van der Waals surface area contributed by atoms with Crippen LogP contribution in [0.5, 0.6) is 0 Å². The van der Waals surface area contributed by atoms with Crippen LogP contribution in [-0.2, 0) is 0 Å². The van der Waals surface area contributed by atoms with Crippen LogP contribution in [0.4, 0.5) is 13.4 Å². The van der Waals surface area contributed by atoms with Crippen LogP contribution in [0.2, 0.25) is 0 Å². The van der Waals surface area contributed by atoms with E-state index in [0.29, 0.717) is 0 Å². The summed E-state index contributed by atoms with van der Waals surface area (Å²) in [5.41, 5.74) is -2.50. The standard InChI is InChI=1S/F3N.H6Si2/c1-4(2)3;1-2/h;1-2H3. The van der Waals surface area contributed by atoms with Gasteiger partial charge in [0, 0.05) is 0 Å². The topological polar surface area (TPSA) is 3.24 Å². The van der Waals surface area contributed by atoms with E-state index >= 15 is 0 Å². The maximum atomic E-state index is 9.50. The molecule has 0 rings (SSSR count). The average Bonchev–Trinajstić information content (AvgIpc) is 1.41. The van der Waals surface area contributed by atoms with Gasteiger partial charge in [-0.3, -0.25) is 0 Å². The van der Waals surface area contributed by atoms with Gasteiger partial charge in [-0.05, 0) is 19.5 Å². The van der Waals surface area contributed by atoms with E-state index < -0.39 is 5.57 Å². The minimum absolute atomic E-state index is 1.44. The Bertz CT molecular complexity index is 13.5. The van der Waals surface area contributed by atoms with E-state index in [1.165, 1.54) is 19.5 Å². The zero-order valence-electron chi connectivity index (χ0n) is 3.58. The molecule has 0 radical (unpaired) electrons. The maximum absolute atomic E-state index is 9.50. The molecular formula is H6F3NSi2. The molecule has 6 heteroatoms. The van der Waals surface area contributed by atoms with E-state index in [1.54, 1.807) is 0 Å². The first-order valence-corrected chi connectivity index (χ1v) is 9.51. The molecule has 0 aromatic carbocycles. The van der Waals surface area contributed by atoms with E-state index in [0.717, 1.165) is 0 Å². The van der Waals surface area contributed by atoms with Crippen LogP contribution < -0.4 is 0 Å². The van der Waals surface area contributed by atoms with Gasteiger partial charge in [-0.25, -0.2) is 0 Å². The average molecular weight is 133 g/mol. The summed E-state index contributed by atoms with van der Waals surface area (Å²) >= 11 is 0. The lowest BCUT2D eigenvalue weighted by molar-refractivity contribution is -0.295. The van der Waals surface area contributed by atoms with Crippen LogP contribution in [0.25, 0.3) is 0 Å². The Morgan fingerprint density at radius 3 is 1.00 bits per heavy atom. The normalized spacial score (nSPS) is 8.00. The van der Waals surface area contributed by atoms with Gasteiger partial charge in [-0.15, -0.1) is 0 Å². The molecule has 0 amide bonds. The van der Waals surface area contributed by atoms with E-state index in [9.17, 15) is 13.4 Å². The van der Waals surface area contributed by atoms with Crippen molar-refractivity contribution in [2.75, 3.05) is 0 Å². The third-order valence-electron chi connectivity index (χ3n) is 0. The SMILES string of the molecule is FN(F)F.[SiH3][SiH3]. The molecule has 0 unspecified atom stereocenters. The molecule has 0 bridgehead atoms. The largest absolute Gasteiger partial charge is 0.199 e. The first-order valence-electron chi connectivity index (χ1n) is 1.51. The molecule has 0 aliphatic heterocycles. The highest BCUT2D eigenvalue weighted by molar-refractivity contribution is 6.75. The van der Waals surface area contributed by atoms with E-state index in [-0.39, 0.29) is 0 Å².